The van der Waals surface area contributed by atoms with Gasteiger partial charge in [0.05, 0.1) is 11.1 Å². The van der Waals surface area contributed by atoms with Crippen molar-refractivity contribution in [2.75, 3.05) is 5.38 Å². The van der Waals surface area contributed by atoms with Crippen molar-refractivity contribution in [3.05, 3.63) is 41.2 Å². The molecule has 2 aromatic rings. The lowest BCUT2D eigenvalue weighted by molar-refractivity contribution is 0.441. The molecule has 144 valence electrons. The number of aromatic hydroxyl groups is 1. The van der Waals surface area contributed by atoms with Gasteiger partial charge in [-0.05, 0) is 47.6 Å². The second-order valence-electron chi connectivity index (χ2n) is 9.95. The van der Waals surface area contributed by atoms with Crippen molar-refractivity contribution < 1.29 is 9.52 Å². The molecule has 4 heteroatoms. The minimum atomic E-state index is -1.67. The highest BCUT2D eigenvalue weighted by molar-refractivity contribution is 8.01. The largest absolute Gasteiger partial charge is 0.508 e. The van der Waals surface area contributed by atoms with E-state index in [1.54, 1.807) is 0 Å². The van der Waals surface area contributed by atoms with Gasteiger partial charge in [0.2, 0.25) is 0 Å². The predicted octanol–water partition coefficient (Wildman–Crippen LogP) is 6.14. The van der Waals surface area contributed by atoms with Crippen molar-refractivity contribution in [2.24, 2.45) is 0 Å². The summed E-state index contributed by atoms with van der Waals surface area (Å²) in [6, 6.07) is 8.39. The molecule has 0 aliphatic heterocycles. The van der Waals surface area contributed by atoms with Crippen LogP contribution in [0, 0.1) is 6.92 Å². The van der Waals surface area contributed by atoms with Crippen LogP contribution in [-0.2, 0) is 10.8 Å². The molecule has 1 heterocycles. The van der Waals surface area contributed by atoms with Crippen LogP contribution in [0.25, 0.3) is 0 Å². The van der Waals surface area contributed by atoms with Gasteiger partial charge in [-0.1, -0.05) is 54.6 Å². The summed E-state index contributed by atoms with van der Waals surface area (Å²) in [6.07, 6.45) is 0. The highest BCUT2D eigenvalue weighted by atomic mass is 32.2. The van der Waals surface area contributed by atoms with Crippen molar-refractivity contribution in [1.29, 1.82) is 0 Å². The van der Waals surface area contributed by atoms with Gasteiger partial charge in [-0.3, -0.25) is 0 Å². The lowest BCUT2D eigenvalue weighted by atomic mass is 9.81. The van der Waals surface area contributed by atoms with Crippen molar-refractivity contribution >= 4 is 25.2 Å². The zero-order chi connectivity index (χ0) is 19.9. The Morgan fingerprint density at radius 3 is 2.00 bits per heavy atom. The van der Waals surface area contributed by atoms with E-state index in [-0.39, 0.29) is 10.8 Å². The van der Waals surface area contributed by atoms with Crippen LogP contribution >= 0.6 is 11.8 Å². The number of phenolic OH excluding ortho intramolecular Hbond substituents is 1. The number of rotatable bonds is 4. The highest BCUT2D eigenvalue weighted by Gasteiger charge is 2.30. The Balaban J connectivity index is 2.40. The smallest absolute Gasteiger partial charge is 0.136 e. The van der Waals surface area contributed by atoms with E-state index in [0.717, 1.165) is 22.1 Å². The standard InChI is InChI=1S/C22H34O2SSi/c1-15-10-11-20(24-15)26(8,9)14-25-19-13-16(21(2,3)4)18(23)12-17(19)22(5,6)7/h10-13,23H,14H2,1-9H3. The number of hydrogen-bond acceptors (Lipinski definition) is 3. The van der Waals surface area contributed by atoms with E-state index < -0.39 is 8.07 Å². The number of furan rings is 1. The molecule has 0 fully saturated rings. The Kier molecular flexibility index (Phi) is 5.80. The second-order valence-corrected chi connectivity index (χ2v) is 16.1. The molecule has 1 aromatic heterocycles. The summed E-state index contributed by atoms with van der Waals surface area (Å²) in [4.78, 5) is 1.28. The summed E-state index contributed by atoms with van der Waals surface area (Å²) in [7, 11) is -1.67. The summed E-state index contributed by atoms with van der Waals surface area (Å²) in [5, 5.41) is 12.8. The minimum Gasteiger partial charge on any atom is -0.508 e. The van der Waals surface area contributed by atoms with Crippen molar-refractivity contribution in [2.45, 2.75) is 77.3 Å². The summed E-state index contributed by atoms with van der Waals surface area (Å²) < 4.78 is 5.94. The number of phenols is 1. The average Bonchev–Trinajstić information content (AvgIpc) is 2.91. The third kappa shape index (κ3) is 4.77. The molecule has 0 atom stereocenters. The SMILES string of the molecule is Cc1ccc([Si](C)(C)CSc2cc(C(C)(C)C)c(O)cc2C(C)(C)C)o1. The van der Waals surface area contributed by atoms with Gasteiger partial charge in [0.15, 0.2) is 0 Å². The van der Waals surface area contributed by atoms with Gasteiger partial charge >= 0.3 is 0 Å². The van der Waals surface area contributed by atoms with Crippen LogP contribution in [0.4, 0.5) is 0 Å². The molecule has 0 saturated carbocycles. The van der Waals surface area contributed by atoms with Crippen LogP contribution in [0.5, 0.6) is 5.75 Å². The van der Waals surface area contributed by atoms with E-state index in [1.165, 1.54) is 10.5 Å². The summed E-state index contributed by atoms with van der Waals surface area (Å²) in [6.45, 7) is 19.8. The summed E-state index contributed by atoms with van der Waals surface area (Å²) in [5.41, 5.74) is 2.14. The highest BCUT2D eigenvalue weighted by Crippen LogP contribution is 2.41. The van der Waals surface area contributed by atoms with Crippen LogP contribution in [0.15, 0.2) is 33.6 Å². The van der Waals surface area contributed by atoms with Gasteiger partial charge in [-0.15, -0.1) is 11.8 Å². The normalized spacial score (nSPS) is 13.3. The summed E-state index contributed by atoms with van der Waals surface area (Å²) in [5.74, 6) is 1.39. The molecular weight excluding hydrogens is 356 g/mol. The van der Waals surface area contributed by atoms with Crippen molar-refractivity contribution in [1.82, 2.24) is 0 Å². The Morgan fingerprint density at radius 2 is 1.54 bits per heavy atom. The third-order valence-electron chi connectivity index (χ3n) is 4.71. The number of thioether (sulfide) groups is 1. The molecule has 0 aliphatic carbocycles. The van der Waals surface area contributed by atoms with Gasteiger partial charge < -0.3 is 9.52 Å². The fraction of sp³-hybridized carbons (Fsp3) is 0.545. The molecule has 0 spiro atoms. The fourth-order valence-corrected chi connectivity index (χ4v) is 7.33. The molecule has 0 unspecified atom stereocenters. The molecule has 26 heavy (non-hydrogen) atoms. The van der Waals surface area contributed by atoms with E-state index in [1.807, 2.05) is 24.8 Å². The maximum atomic E-state index is 10.6. The second kappa shape index (κ2) is 7.12. The molecule has 1 aromatic carbocycles. The number of aryl methyl sites for hydroxylation is 1. The molecule has 0 saturated heterocycles. The minimum absolute atomic E-state index is 0.0107. The van der Waals surface area contributed by atoms with E-state index in [0.29, 0.717) is 5.75 Å². The van der Waals surface area contributed by atoms with Gasteiger partial charge in [0, 0.05) is 15.8 Å². The lowest BCUT2D eigenvalue weighted by Gasteiger charge is -2.28. The van der Waals surface area contributed by atoms with Crippen LogP contribution in [-0.4, -0.2) is 18.6 Å². The van der Waals surface area contributed by atoms with Crippen molar-refractivity contribution in [3.8, 4) is 5.75 Å². The van der Waals surface area contributed by atoms with Crippen LogP contribution in [0.2, 0.25) is 13.1 Å². The topological polar surface area (TPSA) is 33.4 Å². The van der Waals surface area contributed by atoms with E-state index in [9.17, 15) is 5.11 Å². The quantitative estimate of drug-likeness (QED) is 0.503. The van der Waals surface area contributed by atoms with Gasteiger partial charge in [-0.25, -0.2) is 0 Å². The Morgan fingerprint density at radius 1 is 0.962 bits per heavy atom. The molecule has 0 bridgehead atoms. The van der Waals surface area contributed by atoms with Crippen LogP contribution in [0.1, 0.15) is 58.4 Å². The van der Waals surface area contributed by atoms with Gasteiger partial charge in [0.1, 0.15) is 13.8 Å². The zero-order valence-electron chi connectivity index (χ0n) is 17.8. The third-order valence-corrected chi connectivity index (χ3v) is 10.4. The molecular formula is C22H34O2SSi. The molecule has 0 aliphatic rings. The Bertz CT molecular complexity index is 776. The number of benzene rings is 1. The molecule has 2 nitrogen and oxygen atoms in total. The van der Waals surface area contributed by atoms with Gasteiger partial charge in [-0.2, -0.15) is 0 Å². The maximum Gasteiger partial charge on any atom is 0.136 e. The van der Waals surface area contributed by atoms with E-state index >= 15 is 0 Å². The van der Waals surface area contributed by atoms with Crippen LogP contribution in [0.3, 0.4) is 0 Å². The first-order valence-electron chi connectivity index (χ1n) is 9.29. The zero-order valence-corrected chi connectivity index (χ0v) is 19.6. The monoisotopic (exact) mass is 390 g/mol. The Hall–Kier alpha value is -1.13. The van der Waals surface area contributed by atoms with E-state index in [4.69, 9.17) is 4.42 Å². The maximum absolute atomic E-state index is 10.6. The fourth-order valence-electron chi connectivity index (χ4n) is 3.00. The molecule has 0 radical (unpaired) electrons. The van der Waals surface area contributed by atoms with E-state index in [2.05, 4.69) is 72.8 Å². The number of hydrogen-bond donors (Lipinski definition) is 1. The molecule has 2 rings (SSSR count). The van der Waals surface area contributed by atoms with Crippen molar-refractivity contribution in [3.63, 3.8) is 0 Å². The summed E-state index contributed by atoms with van der Waals surface area (Å²) >= 11 is 1.91. The lowest BCUT2D eigenvalue weighted by Crippen LogP contribution is -2.43. The van der Waals surface area contributed by atoms with Crippen LogP contribution < -0.4 is 5.38 Å². The average molecular weight is 391 g/mol. The first-order chi connectivity index (χ1) is 11.7. The van der Waals surface area contributed by atoms with Gasteiger partial charge in [0.25, 0.3) is 0 Å². The molecule has 1 N–H and O–H groups in total. The first kappa shape index (κ1) is 21.2. The predicted molar refractivity (Wildman–Crippen MR) is 117 cm³/mol. The first-order valence-corrected chi connectivity index (χ1v) is 13.5. The Labute approximate surface area is 164 Å². The molecule has 0 amide bonds.